The molecular formula is C6H12F3O2P. The van der Waals surface area contributed by atoms with E-state index in [-0.39, 0.29) is 5.66 Å². The Hall–Kier alpha value is -0.0200. The van der Waals surface area contributed by atoms with E-state index < -0.39 is 20.2 Å². The lowest BCUT2D eigenvalue weighted by Gasteiger charge is -2.18. The van der Waals surface area contributed by atoms with E-state index in [9.17, 15) is 17.7 Å². The van der Waals surface area contributed by atoms with Gasteiger partial charge in [-0.15, -0.1) is 0 Å². The van der Waals surface area contributed by atoms with Gasteiger partial charge in [0.15, 0.2) is 0 Å². The van der Waals surface area contributed by atoms with Crippen molar-refractivity contribution in [3.8, 4) is 0 Å². The van der Waals surface area contributed by atoms with Gasteiger partial charge in [0.25, 0.3) is 0 Å². The third-order valence-corrected chi connectivity index (χ3v) is 3.94. The maximum atomic E-state index is 11.6. The Morgan fingerprint density at radius 1 is 1.42 bits per heavy atom. The summed E-state index contributed by atoms with van der Waals surface area (Å²) >= 11 is 0. The molecule has 0 aromatic rings. The third kappa shape index (κ3) is 4.78. The molecule has 0 rings (SSSR count). The molecule has 0 heterocycles. The Labute approximate surface area is 69.6 Å². The lowest BCUT2D eigenvalue weighted by molar-refractivity contribution is -0.153. The van der Waals surface area contributed by atoms with Crippen molar-refractivity contribution < 1.29 is 22.3 Å². The van der Waals surface area contributed by atoms with E-state index >= 15 is 0 Å². The lowest BCUT2D eigenvalue weighted by atomic mass is 10.6. The first-order valence-electron chi connectivity index (χ1n) is 3.43. The molecule has 0 saturated heterocycles. The molecule has 2 nitrogen and oxygen atoms in total. The second-order valence-electron chi connectivity index (χ2n) is 2.89. The van der Waals surface area contributed by atoms with E-state index in [1.807, 2.05) is 0 Å². The quantitative estimate of drug-likeness (QED) is 0.660. The van der Waals surface area contributed by atoms with Gasteiger partial charge >= 0.3 is 6.18 Å². The fourth-order valence-electron chi connectivity index (χ4n) is 0.350. The second-order valence-corrected chi connectivity index (χ2v) is 6.00. The van der Waals surface area contributed by atoms with Crippen molar-refractivity contribution in [2.24, 2.45) is 0 Å². The molecule has 1 atom stereocenters. The molecule has 0 fully saturated rings. The van der Waals surface area contributed by atoms with Crippen LogP contribution in [-0.4, -0.2) is 25.1 Å². The van der Waals surface area contributed by atoms with E-state index in [4.69, 9.17) is 0 Å². The minimum Gasteiger partial charge on any atom is -0.319 e. The highest BCUT2D eigenvalue weighted by molar-refractivity contribution is 7.58. The third-order valence-electron chi connectivity index (χ3n) is 1.42. The summed E-state index contributed by atoms with van der Waals surface area (Å²) in [6, 6.07) is 0. The Balaban J connectivity index is 4.02. The van der Waals surface area contributed by atoms with E-state index in [0.29, 0.717) is 0 Å². The molecule has 0 aliphatic rings. The highest BCUT2D eigenvalue weighted by Crippen LogP contribution is 2.48. The van der Waals surface area contributed by atoms with Crippen LogP contribution in [0.1, 0.15) is 13.8 Å². The topological polar surface area (TPSA) is 26.3 Å². The summed E-state index contributed by atoms with van der Waals surface area (Å²) in [6.45, 7) is 2.91. The van der Waals surface area contributed by atoms with E-state index in [0.717, 1.165) is 0 Å². The smallest absolute Gasteiger partial charge is 0.319 e. The van der Waals surface area contributed by atoms with Crippen molar-refractivity contribution in [1.82, 2.24) is 0 Å². The van der Waals surface area contributed by atoms with Crippen molar-refractivity contribution in [2.45, 2.75) is 25.7 Å². The van der Waals surface area contributed by atoms with Gasteiger partial charge in [0.05, 0.1) is 0 Å². The molecule has 0 aliphatic carbocycles. The largest absolute Gasteiger partial charge is 0.412 e. The van der Waals surface area contributed by atoms with Gasteiger partial charge in [-0.2, -0.15) is 13.2 Å². The van der Waals surface area contributed by atoms with Crippen LogP contribution in [0.5, 0.6) is 0 Å². The van der Waals surface area contributed by atoms with Gasteiger partial charge in [-0.25, -0.2) is 0 Å². The maximum absolute atomic E-state index is 11.6. The van der Waals surface area contributed by atoms with Crippen LogP contribution in [0.4, 0.5) is 13.2 Å². The van der Waals surface area contributed by atoms with E-state index in [1.165, 1.54) is 6.66 Å². The average Bonchev–Trinajstić information content (AvgIpc) is 1.82. The van der Waals surface area contributed by atoms with Crippen LogP contribution < -0.4 is 0 Å². The monoisotopic (exact) mass is 204 g/mol. The predicted molar refractivity (Wildman–Crippen MR) is 40.7 cm³/mol. The SMILES string of the molecule is CC(C)P(C)(=O)OCC(F)(F)F. The summed E-state index contributed by atoms with van der Waals surface area (Å²) in [5.41, 5.74) is -0.375. The first kappa shape index (κ1) is 12.0. The standard InChI is InChI=1S/C6H12F3O2P/c1-5(2)12(3,10)11-4-6(7,8)9/h5H,4H2,1-3H3. The molecule has 0 aromatic carbocycles. The Kier molecular flexibility index (Phi) is 3.79. The van der Waals surface area contributed by atoms with Crippen LogP contribution in [0.3, 0.4) is 0 Å². The summed E-state index contributed by atoms with van der Waals surface area (Å²) < 4.78 is 50.3. The minimum absolute atomic E-state index is 0.375. The van der Waals surface area contributed by atoms with Gasteiger partial charge in [0.1, 0.15) is 6.61 Å². The van der Waals surface area contributed by atoms with Gasteiger partial charge in [-0.3, -0.25) is 4.57 Å². The fourth-order valence-corrected chi connectivity index (χ4v) is 1.05. The fraction of sp³-hybridized carbons (Fsp3) is 1.00. The Morgan fingerprint density at radius 2 is 1.83 bits per heavy atom. The van der Waals surface area contributed by atoms with Crippen molar-refractivity contribution >= 4 is 7.37 Å². The van der Waals surface area contributed by atoms with Gasteiger partial charge < -0.3 is 4.52 Å². The zero-order valence-electron chi connectivity index (χ0n) is 7.18. The summed E-state index contributed by atoms with van der Waals surface area (Å²) in [5.74, 6) is 0. The molecule has 74 valence electrons. The van der Waals surface area contributed by atoms with Gasteiger partial charge in [0, 0.05) is 12.3 Å². The highest BCUT2D eigenvalue weighted by atomic mass is 31.2. The van der Waals surface area contributed by atoms with Crippen LogP contribution in [0.15, 0.2) is 0 Å². The van der Waals surface area contributed by atoms with Crippen molar-refractivity contribution in [3.05, 3.63) is 0 Å². The molecule has 0 aliphatic heterocycles. The Bertz CT molecular complexity index is 188. The van der Waals surface area contributed by atoms with Crippen LogP contribution >= 0.6 is 7.37 Å². The second kappa shape index (κ2) is 3.79. The molecule has 12 heavy (non-hydrogen) atoms. The molecule has 0 bridgehead atoms. The zero-order chi connectivity index (χ0) is 9.99. The molecule has 0 spiro atoms. The normalized spacial score (nSPS) is 17.9. The molecule has 0 N–H and O–H groups in total. The van der Waals surface area contributed by atoms with Gasteiger partial charge in [-0.05, 0) is 0 Å². The summed E-state index contributed by atoms with van der Waals surface area (Å²) in [6.07, 6.45) is -4.40. The van der Waals surface area contributed by atoms with E-state index in [1.54, 1.807) is 13.8 Å². The van der Waals surface area contributed by atoms with Crippen LogP contribution in [0.2, 0.25) is 0 Å². The maximum Gasteiger partial charge on any atom is 0.412 e. The average molecular weight is 204 g/mol. The van der Waals surface area contributed by atoms with Crippen molar-refractivity contribution in [1.29, 1.82) is 0 Å². The first-order valence-corrected chi connectivity index (χ1v) is 5.58. The van der Waals surface area contributed by atoms with Crippen LogP contribution in [-0.2, 0) is 9.09 Å². The number of rotatable bonds is 3. The molecular weight excluding hydrogens is 192 g/mol. The number of hydrogen-bond donors (Lipinski definition) is 0. The first-order chi connectivity index (χ1) is 5.15. The minimum atomic E-state index is -4.40. The molecule has 0 aromatic heterocycles. The molecule has 0 radical (unpaired) electrons. The number of hydrogen-bond acceptors (Lipinski definition) is 2. The predicted octanol–water partition coefficient (Wildman–Crippen LogP) is 2.88. The van der Waals surface area contributed by atoms with E-state index in [2.05, 4.69) is 4.52 Å². The summed E-state index contributed by atoms with van der Waals surface area (Å²) in [4.78, 5) is 0. The highest BCUT2D eigenvalue weighted by Gasteiger charge is 2.32. The molecule has 6 heteroatoms. The Morgan fingerprint density at radius 3 is 2.08 bits per heavy atom. The van der Waals surface area contributed by atoms with Crippen molar-refractivity contribution in [3.63, 3.8) is 0 Å². The van der Waals surface area contributed by atoms with Gasteiger partial charge in [0.2, 0.25) is 7.37 Å². The molecule has 0 saturated carbocycles. The number of alkyl halides is 3. The number of halogens is 3. The lowest BCUT2D eigenvalue weighted by Crippen LogP contribution is -2.17. The van der Waals surface area contributed by atoms with Crippen LogP contribution in [0, 0.1) is 0 Å². The van der Waals surface area contributed by atoms with Crippen molar-refractivity contribution in [2.75, 3.05) is 13.3 Å². The van der Waals surface area contributed by atoms with Crippen LogP contribution in [0.25, 0.3) is 0 Å². The molecule has 0 amide bonds. The zero-order valence-corrected chi connectivity index (χ0v) is 8.08. The summed E-state index contributed by atoms with van der Waals surface area (Å²) in [5, 5.41) is 0. The summed E-state index contributed by atoms with van der Waals surface area (Å²) in [7, 11) is -3.08. The molecule has 1 unspecified atom stereocenters. The van der Waals surface area contributed by atoms with Gasteiger partial charge in [-0.1, -0.05) is 13.8 Å².